The van der Waals surface area contributed by atoms with E-state index in [9.17, 15) is 9.59 Å². The van der Waals surface area contributed by atoms with Crippen molar-refractivity contribution in [3.8, 4) is 0 Å². The van der Waals surface area contributed by atoms with Crippen molar-refractivity contribution >= 4 is 11.8 Å². The molecule has 0 bridgehead atoms. The van der Waals surface area contributed by atoms with Crippen molar-refractivity contribution in [3.05, 3.63) is 0 Å². The normalized spacial score (nSPS) is 36.8. The Morgan fingerprint density at radius 3 is 2.77 bits per heavy atom. The SMILES string of the molecule is COCCNC(=O)[C@H]1C[C@@H]2[C@@H](CCN2C(=O)C2CC(C)C2)O1. The molecule has 0 spiro atoms. The van der Waals surface area contributed by atoms with Gasteiger partial charge in [0.15, 0.2) is 0 Å². The van der Waals surface area contributed by atoms with Crippen molar-refractivity contribution in [3.63, 3.8) is 0 Å². The lowest BCUT2D eigenvalue weighted by Gasteiger charge is -2.36. The summed E-state index contributed by atoms with van der Waals surface area (Å²) in [6, 6.07) is 0.0848. The van der Waals surface area contributed by atoms with Gasteiger partial charge in [0.25, 0.3) is 0 Å². The number of likely N-dealkylation sites (tertiary alicyclic amines) is 1. The Balaban J connectivity index is 1.52. The number of hydrogen-bond donors (Lipinski definition) is 1. The van der Waals surface area contributed by atoms with Gasteiger partial charge in [0.05, 0.1) is 18.8 Å². The van der Waals surface area contributed by atoms with Crippen LogP contribution in [0.15, 0.2) is 0 Å². The summed E-state index contributed by atoms with van der Waals surface area (Å²) in [5, 5.41) is 2.82. The minimum absolute atomic E-state index is 0.0274. The number of nitrogens with zero attached hydrogens (tertiary/aromatic N) is 1. The van der Waals surface area contributed by atoms with Gasteiger partial charge in [-0.25, -0.2) is 0 Å². The molecule has 3 atom stereocenters. The molecule has 2 amide bonds. The molecule has 0 aromatic rings. The largest absolute Gasteiger partial charge is 0.383 e. The summed E-state index contributed by atoms with van der Waals surface area (Å²) in [6.07, 6.45) is 3.09. The third-order valence-corrected chi connectivity index (χ3v) is 5.18. The molecular formula is C16H26N2O4. The van der Waals surface area contributed by atoms with E-state index in [2.05, 4.69) is 12.2 Å². The first kappa shape index (κ1) is 15.7. The number of ether oxygens (including phenoxy) is 2. The second-order valence-electron chi connectivity index (χ2n) is 6.84. The van der Waals surface area contributed by atoms with Gasteiger partial charge in [0, 0.05) is 32.5 Å². The first-order valence-electron chi connectivity index (χ1n) is 8.32. The maximum atomic E-state index is 12.6. The fourth-order valence-corrected chi connectivity index (χ4v) is 3.92. The third-order valence-electron chi connectivity index (χ3n) is 5.18. The van der Waals surface area contributed by atoms with Gasteiger partial charge in [0.2, 0.25) is 11.8 Å². The van der Waals surface area contributed by atoms with Gasteiger partial charge >= 0.3 is 0 Å². The van der Waals surface area contributed by atoms with Crippen LogP contribution in [0.4, 0.5) is 0 Å². The van der Waals surface area contributed by atoms with Gasteiger partial charge in [-0.2, -0.15) is 0 Å². The third kappa shape index (κ3) is 2.99. The Kier molecular flexibility index (Phi) is 4.68. The van der Waals surface area contributed by atoms with Crippen molar-refractivity contribution in [1.82, 2.24) is 10.2 Å². The lowest BCUT2D eigenvalue weighted by molar-refractivity contribution is -0.140. The van der Waals surface area contributed by atoms with Crippen molar-refractivity contribution in [2.45, 2.75) is 50.9 Å². The molecule has 1 N–H and O–H groups in total. The predicted molar refractivity (Wildman–Crippen MR) is 80.2 cm³/mol. The van der Waals surface area contributed by atoms with E-state index in [-0.39, 0.29) is 29.9 Å². The molecule has 124 valence electrons. The number of fused-ring (bicyclic) bond motifs is 1. The fourth-order valence-electron chi connectivity index (χ4n) is 3.92. The summed E-state index contributed by atoms with van der Waals surface area (Å²) >= 11 is 0. The highest BCUT2D eigenvalue weighted by molar-refractivity contribution is 5.83. The van der Waals surface area contributed by atoms with Crippen molar-refractivity contribution < 1.29 is 19.1 Å². The Bertz CT molecular complexity index is 436. The van der Waals surface area contributed by atoms with E-state index in [4.69, 9.17) is 9.47 Å². The smallest absolute Gasteiger partial charge is 0.249 e. The molecule has 2 heterocycles. The molecule has 6 nitrogen and oxygen atoms in total. The van der Waals surface area contributed by atoms with Crippen LogP contribution in [0.2, 0.25) is 0 Å². The number of amides is 2. The van der Waals surface area contributed by atoms with Crippen molar-refractivity contribution in [2.24, 2.45) is 11.8 Å². The van der Waals surface area contributed by atoms with Crippen LogP contribution < -0.4 is 5.32 Å². The maximum absolute atomic E-state index is 12.6. The fraction of sp³-hybridized carbons (Fsp3) is 0.875. The molecule has 0 aromatic heterocycles. The quantitative estimate of drug-likeness (QED) is 0.753. The molecule has 0 unspecified atom stereocenters. The lowest BCUT2D eigenvalue weighted by atomic mass is 9.75. The number of nitrogens with one attached hydrogen (secondary N) is 1. The van der Waals surface area contributed by atoms with E-state index in [0.29, 0.717) is 25.5 Å². The average molecular weight is 310 g/mol. The Labute approximate surface area is 131 Å². The molecule has 1 saturated carbocycles. The molecule has 0 radical (unpaired) electrons. The predicted octanol–water partition coefficient (Wildman–Crippen LogP) is 0.554. The zero-order valence-corrected chi connectivity index (χ0v) is 13.4. The second kappa shape index (κ2) is 6.54. The zero-order chi connectivity index (χ0) is 15.7. The molecule has 3 fully saturated rings. The molecule has 3 rings (SSSR count). The van der Waals surface area contributed by atoms with Crippen LogP contribution in [-0.4, -0.2) is 61.8 Å². The van der Waals surface area contributed by atoms with E-state index in [1.807, 2.05) is 4.90 Å². The molecule has 2 saturated heterocycles. The zero-order valence-electron chi connectivity index (χ0n) is 13.4. The maximum Gasteiger partial charge on any atom is 0.249 e. The van der Waals surface area contributed by atoms with Crippen LogP contribution >= 0.6 is 0 Å². The van der Waals surface area contributed by atoms with Gasteiger partial charge < -0.3 is 19.7 Å². The van der Waals surface area contributed by atoms with Gasteiger partial charge in [-0.05, 0) is 25.2 Å². The number of carbonyl (C=O) groups is 2. The monoisotopic (exact) mass is 310 g/mol. The summed E-state index contributed by atoms with van der Waals surface area (Å²) in [5.74, 6) is 1.06. The molecular weight excluding hydrogens is 284 g/mol. The minimum Gasteiger partial charge on any atom is -0.383 e. The van der Waals surface area contributed by atoms with E-state index >= 15 is 0 Å². The van der Waals surface area contributed by atoms with E-state index in [1.54, 1.807) is 7.11 Å². The number of carbonyl (C=O) groups excluding carboxylic acids is 2. The molecule has 3 aliphatic rings. The Morgan fingerprint density at radius 2 is 2.09 bits per heavy atom. The van der Waals surface area contributed by atoms with Crippen LogP contribution in [0.3, 0.4) is 0 Å². The molecule has 6 heteroatoms. The summed E-state index contributed by atoms with van der Waals surface area (Å²) in [4.78, 5) is 26.6. The summed E-state index contributed by atoms with van der Waals surface area (Å²) in [5.41, 5.74) is 0. The van der Waals surface area contributed by atoms with Gasteiger partial charge in [-0.1, -0.05) is 6.92 Å². The van der Waals surface area contributed by atoms with Gasteiger partial charge in [-0.15, -0.1) is 0 Å². The van der Waals surface area contributed by atoms with Gasteiger partial charge in [0.1, 0.15) is 6.10 Å². The highest BCUT2D eigenvalue weighted by Gasteiger charge is 2.49. The topological polar surface area (TPSA) is 67.9 Å². The van der Waals surface area contributed by atoms with Crippen molar-refractivity contribution in [2.75, 3.05) is 26.8 Å². The average Bonchev–Trinajstić information content (AvgIpc) is 3.03. The Hall–Kier alpha value is -1.14. The summed E-state index contributed by atoms with van der Waals surface area (Å²) < 4.78 is 10.8. The first-order chi connectivity index (χ1) is 10.6. The van der Waals surface area contributed by atoms with E-state index < -0.39 is 6.10 Å². The van der Waals surface area contributed by atoms with Crippen LogP contribution in [0.25, 0.3) is 0 Å². The Morgan fingerprint density at radius 1 is 1.32 bits per heavy atom. The first-order valence-corrected chi connectivity index (χ1v) is 8.32. The summed E-state index contributed by atoms with van der Waals surface area (Å²) in [7, 11) is 1.60. The standard InChI is InChI=1S/C16H26N2O4/c1-10-7-11(8-10)16(20)18-5-3-13-12(18)9-14(22-13)15(19)17-4-6-21-2/h10-14H,3-9H2,1-2H3,(H,17,19)/t10?,11?,12-,13-,14-/m1/s1. The van der Waals surface area contributed by atoms with Crippen LogP contribution in [-0.2, 0) is 19.1 Å². The van der Waals surface area contributed by atoms with Crippen LogP contribution in [0.5, 0.6) is 0 Å². The molecule has 0 aromatic carbocycles. The van der Waals surface area contributed by atoms with Crippen molar-refractivity contribution in [1.29, 1.82) is 0 Å². The highest BCUT2D eigenvalue weighted by atomic mass is 16.5. The molecule has 2 aliphatic heterocycles. The number of rotatable bonds is 5. The summed E-state index contributed by atoms with van der Waals surface area (Å²) in [6.45, 7) is 3.95. The van der Waals surface area contributed by atoms with E-state index in [1.165, 1.54) is 0 Å². The molecule has 22 heavy (non-hydrogen) atoms. The minimum atomic E-state index is -0.428. The lowest BCUT2D eigenvalue weighted by Crippen LogP contribution is -2.45. The highest BCUT2D eigenvalue weighted by Crippen LogP contribution is 2.39. The number of hydrogen-bond acceptors (Lipinski definition) is 4. The van der Waals surface area contributed by atoms with Crippen LogP contribution in [0, 0.1) is 11.8 Å². The van der Waals surface area contributed by atoms with E-state index in [0.717, 1.165) is 25.8 Å². The molecule has 1 aliphatic carbocycles. The van der Waals surface area contributed by atoms with Gasteiger partial charge in [-0.3, -0.25) is 9.59 Å². The van der Waals surface area contributed by atoms with Crippen LogP contribution in [0.1, 0.15) is 32.6 Å². The number of methoxy groups -OCH3 is 1. The second-order valence-corrected chi connectivity index (χ2v) is 6.84.